The molecule has 6 amide bonds. The van der Waals surface area contributed by atoms with Crippen LogP contribution in [0.5, 0.6) is 0 Å². The van der Waals surface area contributed by atoms with Crippen molar-refractivity contribution in [2.24, 2.45) is 11.5 Å². The van der Waals surface area contributed by atoms with E-state index in [-0.39, 0.29) is 64.5 Å². The minimum absolute atomic E-state index is 0.0635. The third-order valence-corrected chi connectivity index (χ3v) is 7.34. The lowest BCUT2D eigenvalue weighted by molar-refractivity contribution is -0.140. The topological polar surface area (TPSA) is 313 Å². The molecule has 0 bridgehead atoms. The summed E-state index contributed by atoms with van der Waals surface area (Å²) >= 11 is 0. The number of carbonyl (C=O) groups excluding carboxylic acids is 6. The highest BCUT2D eigenvalue weighted by Gasteiger charge is 2.25. The van der Waals surface area contributed by atoms with Crippen molar-refractivity contribution in [3.05, 3.63) is 0 Å². The third-order valence-electron chi connectivity index (χ3n) is 7.34. The van der Waals surface area contributed by atoms with Crippen molar-refractivity contribution in [1.82, 2.24) is 37.2 Å². The van der Waals surface area contributed by atoms with Crippen molar-refractivity contribution in [2.75, 3.05) is 39.3 Å². The largest absolute Gasteiger partial charge is 0.480 e. The molecule has 272 valence electrons. The van der Waals surface area contributed by atoms with Crippen molar-refractivity contribution >= 4 is 47.4 Å². The highest BCUT2D eigenvalue weighted by molar-refractivity contribution is 5.91. The monoisotopic (exact) mass is 685 g/mol. The number of nitrogens with one attached hydrogen (secondary N) is 7. The summed E-state index contributed by atoms with van der Waals surface area (Å²) in [6.07, 6.45) is 1.89. The number of carboxylic acids is 2. The molecule has 1 saturated heterocycles. The minimum atomic E-state index is -1.28. The van der Waals surface area contributed by atoms with E-state index in [4.69, 9.17) is 21.7 Å². The lowest BCUT2D eigenvalue weighted by atomic mass is 10.0. The maximum Gasteiger partial charge on any atom is 0.320 e. The summed E-state index contributed by atoms with van der Waals surface area (Å²) in [6, 6.07) is -4.75. The summed E-state index contributed by atoms with van der Waals surface area (Å²) in [7, 11) is 0. The molecule has 1 aliphatic rings. The quantitative estimate of drug-likeness (QED) is 0.105. The molecule has 0 spiro atoms. The lowest BCUT2D eigenvalue weighted by Gasteiger charge is -2.21. The first-order valence-electron chi connectivity index (χ1n) is 16.1. The Hall–Kier alpha value is -4.36. The standard InChI is InChI=1S/C29H51N9O10/c30-18(28(45)46)8-10-22(39)37-20-6-1-2-7-21(38-23(40)11-9-19(31)29(47)48)27(44)36-17-25(42)34-15-5-13-32-12-3-4-14-33-24(41)16-35-26(20)43/h18-21,32H,1-17,30-31H2,(H,33,41)(H,34,42)(H,35,43)(H,36,44)(H,37,39)(H,38,40)(H,45,46)(H,47,48)/t18-,19-,20-,21-/m0/s1. The highest BCUT2D eigenvalue weighted by Crippen LogP contribution is 2.09. The number of amides is 6. The van der Waals surface area contributed by atoms with E-state index in [1.54, 1.807) is 0 Å². The molecular formula is C29H51N9O10. The summed E-state index contributed by atoms with van der Waals surface area (Å²) in [5.74, 6) is -5.96. The first-order chi connectivity index (χ1) is 22.8. The van der Waals surface area contributed by atoms with Gasteiger partial charge < -0.3 is 58.9 Å². The lowest BCUT2D eigenvalue weighted by Crippen LogP contribution is -2.50. The number of nitrogens with two attached hydrogens (primary N) is 2. The Morgan fingerprint density at radius 2 is 1.02 bits per heavy atom. The zero-order valence-electron chi connectivity index (χ0n) is 27.1. The van der Waals surface area contributed by atoms with Crippen LogP contribution in [0.4, 0.5) is 0 Å². The van der Waals surface area contributed by atoms with E-state index in [1.165, 1.54) is 0 Å². The van der Waals surface area contributed by atoms with Crippen molar-refractivity contribution in [3.63, 3.8) is 0 Å². The van der Waals surface area contributed by atoms with Gasteiger partial charge in [-0.2, -0.15) is 0 Å². The molecule has 0 saturated carbocycles. The number of aliphatic carboxylic acids is 2. The molecule has 0 aromatic rings. The van der Waals surface area contributed by atoms with Gasteiger partial charge in [0.05, 0.1) is 13.1 Å². The first kappa shape index (κ1) is 41.7. The van der Waals surface area contributed by atoms with Crippen molar-refractivity contribution in [2.45, 2.75) is 94.8 Å². The van der Waals surface area contributed by atoms with Crippen LogP contribution in [0.3, 0.4) is 0 Å². The molecule has 48 heavy (non-hydrogen) atoms. The average Bonchev–Trinajstić information content (AvgIpc) is 3.04. The fraction of sp³-hybridized carbons (Fsp3) is 0.724. The van der Waals surface area contributed by atoms with E-state index in [1.807, 2.05) is 0 Å². The number of rotatable bonds is 10. The molecule has 0 aromatic carbocycles. The van der Waals surface area contributed by atoms with Crippen LogP contribution >= 0.6 is 0 Å². The molecule has 1 heterocycles. The zero-order valence-corrected chi connectivity index (χ0v) is 27.1. The molecule has 1 aliphatic heterocycles. The van der Waals surface area contributed by atoms with Gasteiger partial charge in [0.2, 0.25) is 35.4 Å². The Morgan fingerprint density at radius 1 is 0.625 bits per heavy atom. The Kier molecular flexibility index (Phi) is 20.7. The average molecular weight is 686 g/mol. The van der Waals surface area contributed by atoms with E-state index in [9.17, 15) is 38.4 Å². The molecular weight excluding hydrogens is 634 g/mol. The van der Waals surface area contributed by atoms with Crippen LogP contribution in [0.2, 0.25) is 0 Å². The Bertz CT molecular complexity index is 1020. The molecule has 4 atom stereocenters. The van der Waals surface area contributed by atoms with Crippen LogP contribution in [0.1, 0.15) is 70.6 Å². The molecule has 0 unspecified atom stereocenters. The normalized spacial score (nSPS) is 21.5. The van der Waals surface area contributed by atoms with Gasteiger partial charge in [-0.3, -0.25) is 38.4 Å². The van der Waals surface area contributed by atoms with Crippen LogP contribution in [0.15, 0.2) is 0 Å². The Labute approximate surface area is 278 Å². The van der Waals surface area contributed by atoms with Crippen LogP contribution in [-0.4, -0.2) is 121 Å². The van der Waals surface area contributed by atoms with Crippen molar-refractivity contribution < 1.29 is 48.6 Å². The fourth-order valence-electron chi connectivity index (χ4n) is 4.46. The molecule has 0 aromatic heterocycles. The van der Waals surface area contributed by atoms with Gasteiger partial charge >= 0.3 is 11.9 Å². The summed E-state index contributed by atoms with van der Waals surface area (Å²) in [4.78, 5) is 97.5. The third kappa shape index (κ3) is 19.3. The predicted octanol–water partition coefficient (Wildman–Crippen LogP) is -3.86. The number of carboxylic acid groups (broad SMARTS) is 2. The molecule has 0 radical (unpaired) electrons. The summed E-state index contributed by atoms with van der Waals surface area (Å²) in [5.41, 5.74) is 10.9. The molecule has 19 heteroatoms. The van der Waals surface area contributed by atoms with Gasteiger partial charge in [0.1, 0.15) is 24.2 Å². The van der Waals surface area contributed by atoms with Gasteiger partial charge in [-0.05, 0) is 58.0 Å². The maximum absolute atomic E-state index is 13.0. The molecule has 0 aliphatic carbocycles. The van der Waals surface area contributed by atoms with Gasteiger partial charge in [0, 0.05) is 25.9 Å². The Morgan fingerprint density at radius 3 is 1.46 bits per heavy atom. The molecule has 1 fully saturated rings. The van der Waals surface area contributed by atoms with E-state index < -0.39 is 71.5 Å². The van der Waals surface area contributed by atoms with Gasteiger partial charge in [-0.15, -0.1) is 0 Å². The van der Waals surface area contributed by atoms with Crippen LogP contribution in [0.25, 0.3) is 0 Å². The second-order valence-corrected chi connectivity index (χ2v) is 11.4. The summed E-state index contributed by atoms with van der Waals surface area (Å²) in [6.45, 7) is 1.41. The zero-order chi connectivity index (χ0) is 35.9. The van der Waals surface area contributed by atoms with Gasteiger partial charge in [0.25, 0.3) is 0 Å². The highest BCUT2D eigenvalue weighted by atomic mass is 16.4. The van der Waals surface area contributed by atoms with Crippen molar-refractivity contribution in [1.29, 1.82) is 0 Å². The van der Waals surface area contributed by atoms with Gasteiger partial charge in [-0.25, -0.2) is 0 Å². The maximum atomic E-state index is 13.0. The van der Waals surface area contributed by atoms with Crippen molar-refractivity contribution in [3.8, 4) is 0 Å². The number of carbonyl (C=O) groups is 8. The van der Waals surface area contributed by atoms with Crippen LogP contribution in [0, 0.1) is 0 Å². The summed E-state index contributed by atoms with van der Waals surface area (Å²) < 4.78 is 0. The second-order valence-electron chi connectivity index (χ2n) is 11.4. The van der Waals surface area contributed by atoms with E-state index in [0.717, 1.165) is 6.42 Å². The fourth-order valence-corrected chi connectivity index (χ4v) is 4.46. The number of hydrogen-bond donors (Lipinski definition) is 11. The molecule has 13 N–H and O–H groups in total. The summed E-state index contributed by atoms with van der Waals surface area (Å²) in [5, 5.41) is 36.6. The van der Waals surface area contributed by atoms with E-state index in [2.05, 4.69) is 37.2 Å². The smallest absolute Gasteiger partial charge is 0.320 e. The minimum Gasteiger partial charge on any atom is -0.480 e. The van der Waals surface area contributed by atoms with E-state index in [0.29, 0.717) is 39.0 Å². The van der Waals surface area contributed by atoms with Gasteiger partial charge in [0.15, 0.2) is 0 Å². The van der Waals surface area contributed by atoms with Crippen LogP contribution < -0.4 is 48.7 Å². The molecule has 19 nitrogen and oxygen atoms in total. The van der Waals surface area contributed by atoms with Gasteiger partial charge in [-0.1, -0.05) is 12.8 Å². The SMILES string of the molecule is N[C@@H](CCC(=O)N[C@H]1CCCC[C@H](NC(=O)CC[C@H](N)C(=O)O)C(=O)NCC(=O)NCCCNCCCCNC(=O)CNC1=O)C(=O)O. The second kappa shape index (κ2) is 23.9. The molecule has 1 rings (SSSR count). The first-order valence-corrected chi connectivity index (χ1v) is 16.1. The number of hydrogen-bond acceptors (Lipinski definition) is 11. The van der Waals surface area contributed by atoms with E-state index >= 15 is 0 Å². The van der Waals surface area contributed by atoms with Crippen LogP contribution in [-0.2, 0) is 38.4 Å². The predicted molar refractivity (Wildman–Crippen MR) is 171 cm³/mol. The Balaban J connectivity index is 2.98.